The lowest BCUT2D eigenvalue weighted by Gasteiger charge is -2.64. The lowest BCUT2D eigenvalue weighted by molar-refractivity contribution is -0.248. The zero-order valence-corrected chi connectivity index (χ0v) is 28.3. The van der Waals surface area contributed by atoms with Gasteiger partial charge in [-0.15, -0.1) is 0 Å². The van der Waals surface area contributed by atoms with Crippen LogP contribution >= 0.6 is 0 Å². The molecule has 6 saturated carbocycles. The molecular formula is C37H57NO7. The fourth-order valence-electron chi connectivity index (χ4n) is 13.8. The van der Waals surface area contributed by atoms with Gasteiger partial charge in [0, 0.05) is 18.4 Å². The maximum atomic E-state index is 12.9. The Bertz CT molecular complexity index is 1240. The zero-order valence-electron chi connectivity index (χ0n) is 28.3. The number of carboxylic acid groups (broad SMARTS) is 1. The number of ether oxygens (including phenoxy) is 3. The molecular weight excluding hydrogens is 570 g/mol. The van der Waals surface area contributed by atoms with E-state index in [-0.39, 0.29) is 64.5 Å². The van der Waals surface area contributed by atoms with E-state index in [1.54, 1.807) is 0 Å². The first-order valence-corrected chi connectivity index (χ1v) is 18.4. The second-order valence-corrected chi connectivity index (χ2v) is 18.1. The number of rotatable bonds is 6. The van der Waals surface area contributed by atoms with Crippen molar-refractivity contribution in [1.29, 1.82) is 0 Å². The topological polar surface area (TPSA) is 106 Å². The van der Waals surface area contributed by atoms with Gasteiger partial charge < -0.3 is 29.3 Å². The van der Waals surface area contributed by atoms with Crippen LogP contribution in [-0.2, 0) is 23.8 Å². The monoisotopic (exact) mass is 627 g/mol. The minimum atomic E-state index is -0.818. The average molecular weight is 628 g/mol. The van der Waals surface area contributed by atoms with E-state index in [0.717, 1.165) is 32.1 Å². The highest BCUT2D eigenvalue weighted by atomic mass is 16.7. The molecule has 45 heavy (non-hydrogen) atoms. The van der Waals surface area contributed by atoms with Gasteiger partial charge in [0.25, 0.3) is 0 Å². The molecule has 0 aromatic heterocycles. The maximum Gasteiger partial charge on any atom is 0.305 e. The predicted molar refractivity (Wildman–Crippen MR) is 167 cm³/mol. The molecule has 8 rings (SSSR count). The minimum Gasteiger partial charge on any atom is -0.481 e. The van der Waals surface area contributed by atoms with Crippen LogP contribution in [0.4, 0.5) is 0 Å². The van der Waals surface area contributed by atoms with Crippen molar-refractivity contribution >= 4 is 11.9 Å². The van der Waals surface area contributed by atoms with Crippen LogP contribution in [0.3, 0.4) is 0 Å². The van der Waals surface area contributed by atoms with Gasteiger partial charge >= 0.3 is 5.97 Å². The summed E-state index contributed by atoms with van der Waals surface area (Å²) in [7, 11) is 0. The molecule has 2 saturated heterocycles. The second-order valence-electron chi connectivity index (χ2n) is 18.1. The van der Waals surface area contributed by atoms with E-state index in [0.29, 0.717) is 55.2 Å². The van der Waals surface area contributed by atoms with Crippen LogP contribution in [0.25, 0.3) is 0 Å². The van der Waals surface area contributed by atoms with Crippen LogP contribution in [0.1, 0.15) is 112 Å². The largest absolute Gasteiger partial charge is 0.481 e. The number of carboxylic acids is 1. The number of carbonyl (C=O) groups excluding carboxylic acids is 1. The molecule has 2 aliphatic heterocycles. The van der Waals surface area contributed by atoms with Crippen LogP contribution in [-0.4, -0.2) is 77.4 Å². The Kier molecular flexibility index (Phi) is 7.01. The number of amides is 1. The average Bonchev–Trinajstić information content (AvgIpc) is 3.89. The molecule has 1 amide bonds. The van der Waals surface area contributed by atoms with Gasteiger partial charge in [-0.25, -0.2) is 0 Å². The second kappa shape index (κ2) is 10.1. The van der Waals surface area contributed by atoms with Gasteiger partial charge in [-0.05, 0) is 115 Å². The SMILES string of the molecule is C[C@@H]1CC(CC(=O)O)OC2[C@H]1[C@@]1(C)CCC34C[C@@]35CC[C@H](O[C@H]3CN(C(=O)CC6CC6)CCO3)C(C)(C)[C@@H]5CCC4[C@]1(C)[C@H]2O. The highest BCUT2D eigenvalue weighted by Crippen LogP contribution is 2.89. The highest BCUT2D eigenvalue weighted by molar-refractivity contribution is 5.76. The summed E-state index contributed by atoms with van der Waals surface area (Å²) in [6, 6.07) is 0. The zero-order chi connectivity index (χ0) is 31.7. The molecule has 0 radical (unpaired) electrons. The van der Waals surface area contributed by atoms with E-state index in [1.165, 1.54) is 32.1 Å². The summed E-state index contributed by atoms with van der Waals surface area (Å²) in [6.45, 7) is 13.8. The van der Waals surface area contributed by atoms with Gasteiger partial charge in [-0.3, -0.25) is 9.59 Å². The Labute approximate surface area is 269 Å². The number of fused-ring (bicyclic) bond motifs is 4. The van der Waals surface area contributed by atoms with Crippen molar-refractivity contribution in [3.05, 3.63) is 0 Å². The Morgan fingerprint density at radius 2 is 1.69 bits per heavy atom. The molecule has 0 bridgehead atoms. The Morgan fingerprint density at radius 1 is 0.956 bits per heavy atom. The maximum absolute atomic E-state index is 12.9. The van der Waals surface area contributed by atoms with Crippen LogP contribution in [0.15, 0.2) is 0 Å². The number of aliphatic hydroxyl groups is 1. The third kappa shape index (κ3) is 4.22. The Balaban J connectivity index is 1.01. The lowest BCUT2D eigenvalue weighted by atomic mass is 9.41. The molecule has 8 fully saturated rings. The summed E-state index contributed by atoms with van der Waals surface area (Å²) >= 11 is 0. The molecule has 4 unspecified atom stereocenters. The van der Waals surface area contributed by atoms with E-state index >= 15 is 0 Å². The van der Waals surface area contributed by atoms with Gasteiger partial charge in [0.2, 0.25) is 5.91 Å². The van der Waals surface area contributed by atoms with Crippen molar-refractivity contribution in [2.45, 2.75) is 142 Å². The fourth-order valence-corrected chi connectivity index (χ4v) is 13.8. The third-order valence-electron chi connectivity index (χ3n) is 16.1. The number of hydrogen-bond donors (Lipinski definition) is 2. The number of aliphatic carboxylic acids is 1. The van der Waals surface area contributed by atoms with E-state index in [4.69, 9.17) is 14.2 Å². The smallest absolute Gasteiger partial charge is 0.305 e. The summed E-state index contributed by atoms with van der Waals surface area (Å²) in [4.78, 5) is 26.4. The van der Waals surface area contributed by atoms with Crippen molar-refractivity contribution in [3.8, 4) is 0 Å². The van der Waals surface area contributed by atoms with Gasteiger partial charge in [-0.1, -0.05) is 34.6 Å². The van der Waals surface area contributed by atoms with Crippen LogP contribution in [0, 0.1) is 56.7 Å². The first-order chi connectivity index (χ1) is 21.3. The van der Waals surface area contributed by atoms with E-state index < -0.39 is 12.1 Å². The first kappa shape index (κ1) is 31.1. The van der Waals surface area contributed by atoms with Crippen LogP contribution < -0.4 is 0 Å². The predicted octanol–water partition coefficient (Wildman–Crippen LogP) is 5.64. The number of carbonyl (C=O) groups is 2. The van der Waals surface area contributed by atoms with Gasteiger partial charge in [0.05, 0.1) is 44.0 Å². The highest BCUT2D eigenvalue weighted by Gasteiger charge is 2.84. The molecule has 8 nitrogen and oxygen atoms in total. The number of aliphatic hydroxyl groups excluding tert-OH is 1. The summed E-state index contributed by atoms with van der Waals surface area (Å²) in [5.41, 5.74) is 0.300. The molecule has 8 heteroatoms. The molecule has 8 aliphatic rings. The van der Waals surface area contributed by atoms with Crippen LogP contribution in [0.2, 0.25) is 0 Å². The molecule has 2 N–H and O–H groups in total. The summed E-state index contributed by atoms with van der Waals surface area (Å²) in [5.74, 6) is 1.66. The lowest BCUT2D eigenvalue weighted by Crippen LogP contribution is -2.60. The molecule has 0 aromatic carbocycles. The molecule has 0 aromatic rings. The molecule has 6 aliphatic carbocycles. The fraction of sp³-hybridized carbons (Fsp3) is 0.946. The summed E-state index contributed by atoms with van der Waals surface area (Å²) < 4.78 is 19.5. The molecule has 2 heterocycles. The summed E-state index contributed by atoms with van der Waals surface area (Å²) in [6.07, 6.45) is 10.5. The van der Waals surface area contributed by atoms with E-state index in [9.17, 15) is 19.8 Å². The van der Waals surface area contributed by atoms with Gasteiger partial charge in [0.15, 0.2) is 6.29 Å². The minimum absolute atomic E-state index is 0.00198. The molecule has 2 spiro atoms. The van der Waals surface area contributed by atoms with Crippen LogP contribution in [0.5, 0.6) is 0 Å². The van der Waals surface area contributed by atoms with Crippen molar-refractivity contribution in [2.24, 2.45) is 56.7 Å². The van der Waals surface area contributed by atoms with Crippen molar-refractivity contribution in [3.63, 3.8) is 0 Å². The van der Waals surface area contributed by atoms with E-state index in [1.807, 2.05) is 4.90 Å². The number of hydrogen-bond acceptors (Lipinski definition) is 6. The standard InChI is InChI=1S/C37H57NO7/c1-21-16-23(18-28(40)41)44-31-30(21)34(4)12-13-37-20-36(37)11-10-26(33(2,3)24(36)8-9-25(37)35(34,5)32(31)42)45-29-19-38(14-15-43-29)27(39)17-22-6-7-22/h21-26,29-32,42H,6-20H2,1-5H3,(H,40,41)/t21-,23?,24+,25?,26+,29+,30+,31?,32+,34-,35-,36-,37?/m1/s1. The number of morpholine rings is 1. The van der Waals surface area contributed by atoms with Crippen molar-refractivity contribution in [2.75, 3.05) is 19.7 Å². The van der Waals surface area contributed by atoms with Gasteiger partial charge in [0.1, 0.15) is 0 Å². The Morgan fingerprint density at radius 3 is 2.42 bits per heavy atom. The third-order valence-corrected chi connectivity index (χ3v) is 16.1. The normalized spacial score (nSPS) is 52.9. The number of nitrogens with zero attached hydrogens (tertiary/aromatic N) is 1. The Hall–Kier alpha value is -1.22. The summed E-state index contributed by atoms with van der Waals surface area (Å²) in [5, 5.41) is 21.8. The first-order valence-electron chi connectivity index (χ1n) is 18.4. The molecule has 252 valence electrons. The van der Waals surface area contributed by atoms with Crippen molar-refractivity contribution < 1.29 is 34.0 Å². The van der Waals surface area contributed by atoms with E-state index in [2.05, 4.69) is 34.6 Å². The van der Waals surface area contributed by atoms with Gasteiger partial charge in [-0.2, -0.15) is 0 Å². The van der Waals surface area contributed by atoms with Crippen molar-refractivity contribution in [1.82, 2.24) is 4.90 Å². The quantitative estimate of drug-likeness (QED) is 0.393. The molecule has 13 atom stereocenters.